The topological polar surface area (TPSA) is 91.7 Å². The lowest BCUT2D eigenvalue weighted by Crippen LogP contribution is -2.21. The van der Waals surface area contributed by atoms with Gasteiger partial charge in [-0.2, -0.15) is 13.2 Å². The van der Waals surface area contributed by atoms with Crippen LogP contribution in [0.5, 0.6) is 5.75 Å². The molecule has 37 heavy (non-hydrogen) atoms. The van der Waals surface area contributed by atoms with Crippen LogP contribution >= 0.6 is 0 Å². The Kier molecular flexibility index (Phi) is 9.21. The fourth-order valence-corrected chi connectivity index (χ4v) is 3.42. The van der Waals surface area contributed by atoms with E-state index in [2.05, 4.69) is 10.3 Å². The van der Waals surface area contributed by atoms with Gasteiger partial charge < -0.3 is 20.3 Å². The zero-order chi connectivity index (χ0) is 27.0. The Balaban J connectivity index is 0.00000186. The van der Waals surface area contributed by atoms with E-state index in [4.69, 9.17) is 9.84 Å². The van der Waals surface area contributed by atoms with Crippen LogP contribution in [0, 0.1) is 0 Å². The summed E-state index contributed by atoms with van der Waals surface area (Å²) in [7, 11) is 0. The summed E-state index contributed by atoms with van der Waals surface area (Å²) in [4.78, 5) is 17.5. The van der Waals surface area contributed by atoms with E-state index in [1.807, 2.05) is 13.8 Å². The fourth-order valence-electron chi connectivity index (χ4n) is 3.42. The molecule has 6 nitrogen and oxygen atoms in total. The van der Waals surface area contributed by atoms with Gasteiger partial charge in [0.15, 0.2) is 0 Å². The molecule has 3 N–H and O–H groups in total. The van der Waals surface area contributed by atoms with Gasteiger partial charge in [0.25, 0.3) is 5.91 Å². The number of benzene rings is 3. The van der Waals surface area contributed by atoms with Crippen molar-refractivity contribution in [1.29, 1.82) is 0 Å². The molecule has 4 aromatic rings. The van der Waals surface area contributed by atoms with E-state index in [1.54, 1.807) is 54.6 Å². The highest BCUT2D eigenvalue weighted by Crippen LogP contribution is 2.32. The molecule has 0 radical (unpaired) electrons. The second-order valence-corrected chi connectivity index (χ2v) is 7.78. The highest BCUT2D eigenvalue weighted by Gasteiger charge is 2.30. The second-order valence-electron chi connectivity index (χ2n) is 7.78. The summed E-state index contributed by atoms with van der Waals surface area (Å²) in [6.07, 6.45) is -5.47. The summed E-state index contributed by atoms with van der Waals surface area (Å²) < 4.78 is 44.7. The summed E-state index contributed by atoms with van der Waals surface area (Å²) in [5.41, 5.74) is 0.937. The number of para-hydroxylation sites is 1. The lowest BCUT2D eigenvalue weighted by Gasteiger charge is -2.12. The molecule has 194 valence electrons. The van der Waals surface area contributed by atoms with Crippen LogP contribution in [0.3, 0.4) is 0 Å². The van der Waals surface area contributed by atoms with Crippen molar-refractivity contribution in [3.63, 3.8) is 0 Å². The molecule has 0 bridgehead atoms. The number of carbonyl (C=O) groups is 1. The normalized spacial score (nSPS) is 11.9. The number of aliphatic hydroxyl groups is 2. The molecule has 3 aromatic carbocycles. The standard InChI is InChI=1S/C26H21F3N2O4.C2H6/c27-26(28,29)18-5-1-4-17(13-18)23-12-7-16-3-2-6-22(24(16)31-23)25(34)30-19-8-10-21(11-9-19)35-15-20(33)14-32;1-2/h1-13,20,32-33H,14-15H2,(H,30,34);1-2H3. The van der Waals surface area contributed by atoms with Crippen LogP contribution in [0.25, 0.3) is 22.2 Å². The van der Waals surface area contributed by atoms with Crippen LogP contribution in [0.2, 0.25) is 0 Å². The average Bonchev–Trinajstić information content (AvgIpc) is 2.92. The summed E-state index contributed by atoms with van der Waals surface area (Å²) >= 11 is 0. The molecule has 1 atom stereocenters. The Morgan fingerprint density at radius 3 is 2.38 bits per heavy atom. The molecule has 0 aliphatic carbocycles. The number of anilines is 1. The number of hydrogen-bond acceptors (Lipinski definition) is 5. The first-order chi connectivity index (χ1) is 17.7. The van der Waals surface area contributed by atoms with Crippen molar-refractivity contribution in [2.24, 2.45) is 0 Å². The molecule has 0 saturated heterocycles. The van der Waals surface area contributed by atoms with Crippen molar-refractivity contribution >= 4 is 22.5 Å². The first-order valence-corrected chi connectivity index (χ1v) is 11.6. The predicted octanol–water partition coefficient (Wildman–Crippen LogP) is 5.93. The van der Waals surface area contributed by atoms with Crippen LogP contribution in [-0.2, 0) is 6.18 Å². The van der Waals surface area contributed by atoms with Crippen molar-refractivity contribution < 1.29 is 32.9 Å². The summed E-state index contributed by atoms with van der Waals surface area (Å²) in [5, 5.41) is 21.6. The van der Waals surface area contributed by atoms with Gasteiger partial charge in [-0.25, -0.2) is 4.98 Å². The number of amides is 1. The molecule has 0 saturated carbocycles. The molecule has 0 fully saturated rings. The predicted molar refractivity (Wildman–Crippen MR) is 137 cm³/mol. The third kappa shape index (κ3) is 7.05. The van der Waals surface area contributed by atoms with Crippen molar-refractivity contribution in [3.05, 3.63) is 90.0 Å². The summed E-state index contributed by atoms with van der Waals surface area (Å²) in [6.45, 7) is 3.51. The largest absolute Gasteiger partial charge is 0.491 e. The fraction of sp³-hybridized carbons (Fsp3) is 0.214. The molecule has 4 rings (SSSR count). The molecule has 0 spiro atoms. The maximum absolute atomic E-state index is 13.1. The number of hydrogen-bond donors (Lipinski definition) is 3. The first kappa shape index (κ1) is 27.6. The van der Waals surface area contributed by atoms with Gasteiger partial charge in [-0.05, 0) is 48.5 Å². The van der Waals surface area contributed by atoms with Crippen LogP contribution in [0.1, 0.15) is 29.8 Å². The molecule has 1 aromatic heterocycles. The number of ether oxygens (including phenoxy) is 1. The van der Waals surface area contributed by atoms with Gasteiger partial charge in [0.1, 0.15) is 18.5 Å². The zero-order valence-electron chi connectivity index (χ0n) is 20.3. The third-order valence-corrected chi connectivity index (χ3v) is 5.22. The average molecular weight is 513 g/mol. The van der Waals surface area contributed by atoms with Gasteiger partial charge in [0.2, 0.25) is 0 Å². The number of carbonyl (C=O) groups excluding carboxylic acids is 1. The lowest BCUT2D eigenvalue weighted by molar-refractivity contribution is -0.137. The van der Waals surface area contributed by atoms with Crippen LogP contribution in [0.4, 0.5) is 18.9 Å². The Morgan fingerprint density at radius 1 is 1.00 bits per heavy atom. The van der Waals surface area contributed by atoms with Gasteiger partial charge in [-0.15, -0.1) is 0 Å². The quantitative estimate of drug-likeness (QED) is 0.286. The van der Waals surface area contributed by atoms with Gasteiger partial charge in [0, 0.05) is 16.6 Å². The number of fused-ring (bicyclic) bond motifs is 1. The number of aliphatic hydroxyl groups excluding tert-OH is 2. The molecule has 0 aliphatic heterocycles. The minimum atomic E-state index is -4.48. The second kappa shape index (κ2) is 12.3. The molecular formula is C28H27F3N2O4. The molecular weight excluding hydrogens is 485 g/mol. The molecule has 1 heterocycles. The van der Waals surface area contributed by atoms with Gasteiger partial charge >= 0.3 is 6.18 Å². The van der Waals surface area contributed by atoms with E-state index in [-0.39, 0.29) is 12.2 Å². The van der Waals surface area contributed by atoms with Crippen molar-refractivity contribution in [1.82, 2.24) is 4.98 Å². The van der Waals surface area contributed by atoms with Gasteiger partial charge in [0.05, 0.1) is 28.9 Å². The van der Waals surface area contributed by atoms with Crippen molar-refractivity contribution in [3.8, 4) is 17.0 Å². The van der Waals surface area contributed by atoms with E-state index >= 15 is 0 Å². The van der Waals surface area contributed by atoms with Gasteiger partial charge in [-0.1, -0.05) is 44.2 Å². The number of nitrogens with zero attached hydrogens (tertiary/aromatic N) is 1. The molecule has 1 unspecified atom stereocenters. The van der Waals surface area contributed by atoms with E-state index < -0.39 is 30.4 Å². The van der Waals surface area contributed by atoms with E-state index in [0.717, 1.165) is 12.1 Å². The Morgan fingerprint density at radius 2 is 1.70 bits per heavy atom. The number of halogens is 3. The van der Waals surface area contributed by atoms with E-state index in [9.17, 15) is 23.1 Å². The minimum absolute atomic E-state index is 0.0713. The third-order valence-electron chi connectivity index (χ3n) is 5.22. The summed E-state index contributed by atoms with van der Waals surface area (Å²) in [5.74, 6) is 0.0155. The van der Waals surface area contributed by atoms with Crippen LogP contribution in [0.15, 0.2) is 78.9 Å². The number of alkyl halides is 3. The monoisotopic (exact) mass is 512 g/mol. The maximum atomic E-state index is 13.1. The number of pyridine rings is 1. The number of nitrogens with one attached hydrogen (secondary N) is 1. The van der Waals surface area contributed by atoms with Crippen LogP contribution in [-0.4, -0.2) is 40.4 Å². The molecule has 0 aliphatic rings. The lowest BCUT2D eigenvalue weighted by atomic mass is 10.0. The Labute approximate surface area is 212 Å². The SMILES string of the molecule is CC.O=C(Nc1ccc(OCC(O)CO)cc1)c1cccc2ccc(-c3cccc(C(F)(F)F)c3)nc12. The Bertz CT molecular complexity index is 1340. The van der Waals surface area contributed by atoms with E-state index in [0.29, 0.717) is 33.6 Å². The summed E-state index contributed by atoms with van der Waals surface area (Å²) in [6, 6.07) is 19.7. The maximum Gasteiger partial charge on any atom is 0.416 e. The van der Waals surface area contributed by atoms with Crippen molar-refractivity contribution in [2.75, 3.05) is 18.5 Å². The highest BCUT2D eigenvalue weighted by molar-refractivity contribution is 6.12. The Hall–Kier alpha value is -3.95. The number of aromatic nitrogens is 1. The van der Waals surface area contributed by atoms with Crippen LogP contribution < -0.4 is 10.1 Å². The van der Waals surface area contributed by atoms with Crippen molar-refractivity contribution in [2.45, 2.75) is 26.1 Å². The highest BCUT2D eigenvalue weighted by atomic mass is 19.4. The smallest absolute Gasteiger partial charge is 0.416 e. The zero-order valence-corrected chi connectivity index (χ0v) is 20.3. The minimum Gasteiger partial charge on any atom is -0.491 e. The van der Waals surface area contributed by atoms with Gasteiger partial charge in [-0.3, -0.25) is 4.79 Å². The molecule has 1 amide bonds. The first-order valence-electron chi connectivity index (χ1n) is 11.6. The number of rotatable bonds is 7. The molecule has 9 heteroatoms. The van der Waals surface area contributed by atoms with E-state index in [1.165, 1.54) is 12.1 Å².